The number of anilines is 1. The summed E-state index contributed by atoms with van der Waals surface area (Å²) in [5.74, 6) is -0.587. The minimum absolute atomic E-state index is 0.00816. The standard InChI is InChI=1S/C10H16FN3O2/c1-10(2,3)16-9(15)8-7(12)6-13-14(8)5-4-11/h6H,4-5,12H2,1-3H3. The highest BCUT2D eigenvalue weighted by Gasteiger charge is 2.23. The third-order valence-corrected chi connectivity index (χ3v) is 1.76. The summed E-state index contributed by atoms with van der Waals surface area (Å²) in [6, 6.07) is 0. The molecular weight excluding hydrogens is 213 g/mol. The molecule has 5 nitrogen and oxygen atoms in total. The van der Waals surface area contributed by atoms with Gasteiger partial charge in [0.2, 0.25) is 0 Å². The lowest BCUT2D eigenvalue weighted by Crippen LogP contribution is -2.26. The monoisotopic (exact) mass is 229 g/mol. The van der Waals surface area contributed by atoms with Crippen molar-refractivity contribution in [2.75, 3.05) is 12.4 Å². The molecule has 0 aliphatic heterocycles. The smallest absolute Gasteiger partial charge is 0.359 e. The molecule has 1 rings (SSSR count). The van der Waals surface area contributed by atoms with Crippen LogP contribution in [0.4, 0.5) is 10.1 Å². The summed E-state index contributed by atoms with van der Waals surface area (Å²) >= 11 is 0. The SMILES string of the molecule is CC(C)(C)OC(=O)c1c(N)cnn1CCF. The third-order valence-electron chi connectivity index (χ3n) is 1.76. The maximum atomic E-state index is 12.2. The molecular formula is C10H16FN3O2. The number of nitrogens with zero attached hydrogens (tertiary/aromatic N) is 2. The normalized spacial score (nSPS) is 11.5. The highest BCUT2D eigenvalue weighted by Crippen LogP contribution is 2.16. The number of carbonyl (C=O) groups excluding carboxylic acids is 1. The summed E-state index contributed by atoms with van der Waals surface area (Å²) in [4.78, 5) is 11.8. The summed E-state index contributed by atoms with van der Waals surface area (Å²) in [6.07, 6.45) is 1.31. The third kappa shape index (κ3) is 2.95. The zero-order valence-electron chi connectivity index (χ0n) is 9.66. The second kappa shape index (κ2) is 4.51. The van der Waals surface area contributed by atoms with Gasteiger partial charge in [-0.15, -0.1) is 0 Å². The van der Waals surface area contributed by atoms with Gasteiger partial charge < -0.3 is 10.5 Å². The van der Waals surface area contributed by atoms with Crippen LogP contribution in [0.25, 0.3) is 0 Å². The first-order valence-corrected chi connectivity index (χ1v) is 4.96. The van der Waals surface area contributed by atoms with E-state index in [1.807, 2.05) is 0 Å². The summed E-state index contributed by atoms with van der Waals surface area (Å²) in [5, 5.41) is 3.81. The molecule has 0 atom stereocenters. The van der Waals surface area contributed by atoms with E-state index in [0.29, 0.717) is 0 Å². The first-order valence-electron chi connectivity index (χ1n) is 4.96. The number of esters is 1. The van der Waals surface area contributed by atoms with E-state index in [4.69, 9.17) is 10.5 Å². The fourth-order valence-corrected chi connectivity index (χ4v) is 1.20. The molecule has 0 aliphatic carbocycles. The predicted octanol–water partition coefficient (Wildman–Crippen LogP) is 1.39. The van der Waals surface area contributed by atoms with Gasteiger partial charge >= 0.3 is 5.97 Å². The van der Waals surface area contributed by atoms with Crippen LogP contribution in [0.15, 0.2) is 6.20 Å². The van der Waals surface area contributed by atoms with Crippen LogP contribution in [0.3, 0.4) is 0 Å². The molecule has 0 saturated carbocycles. The molecule has 0 aromatic carbocycles. The van der Waals surface area contributed by atoms with Crippen molar-refractivity contribution in [1.82, 2.24) is 9.78 Å². The van der Waals surface area contributed by atoms with Gasteiger partial charge in [-0.2, -0.15) is 5.10 Å². The molecule has 0 fully saturated rings. The number of alkyl halides is 1. The number of ether oxygens (including phenoxy) is 1. The molecule has 16 heavy (non-hydrogen) atoms. The van der Waals surface area contributed by atoms with Crippen molar-refractivity contribution in [1.29, 1.82) is 0 Å². The van der Waals surface area contributed by atoms with Gasteiger partial charge in [0.25, 0.3) is 0 Å². The minimum atomic E-state index is -0.617. The first kappa shape index (κ1) is 12.5. The molecule has 90 valence electrons. The zero-order chi connectivity index (χ0) is 12.3. The van der Waals surface area contributed by atoms with Crippen LogP contribution < -0.4 is 5.73 Å². The lowest BCUT2D eigenvalue weighted by atomic mass is 10.2. The van der Waals surface area contributed by atoms with Gasteiger partial charge in [-0.25, -0.2) is 9.18 Å². The first-order chi connectivity index (χ1) is 7.35. The fourth-order valence-electron chi connectivity index (χ4n) is 1.20. The number of hydrogen-bond donors (Lipinski definition) is 1. The van der Waals surface area contributed by atoms with Gasteiger partial charge in [-0.1, -0.05) is 0 Å². The van der Waals surface area contributed by atoms with Crippen LogP contribution in [0.2, 0.25) is 0 Å². The number of halogens is 1. The molecule has 1 heterocycles. The van der Waals surface area contributed by atoms with Gasteiger partial charge in [0, 0.05) is 0 Å². The summed E-state index contributed by atoms with van der Waals surface area (Å²) < 4.78 is 18.6. The number of nitrogen functional groups attached to an aromatic ring is 1. The van der Waals surface area contributed by atoms with Gasteiger partial charge in [-0.3, -0.25) is 4.68 Å². The van der Waals surface area contributed by atoms with E-state index >= 15 is 0 Å². The maximum absolute atomic E-state index is 12.2. The van der Waals surface area contributed by atoms with Crippen LogP contribution >= 0.6 is 0 Å². The molecule has 0 spiro atoms. The van der Waals surface area contributed by atoms with E-state index in [0.717, 1.165) is 0 Å². The van der Waals surface area contributed by atoms with Crippen LogP contribution in [0, 0.1) is 0 Å². The van der Waals surface area contributed by atoms with Gasteiger partial charge in [0.1, 0.15) is 12.3 Å². The van der Waals surface area contributed by atoms with Crippen molar-refractivity contribution in [3.05, 3.63) is 11.9 Å². The fraction of sp³-hybridized carbons (Fsp3) is 0.600. The van der Waals surface area contributed by atoms with Crippen molar-refractivity contribution < 1.29 is 13.9 Å². The average Bonchev–Trinajstić information content (AvgIpc) is 2.44. The molecule has 0 bridgehead atoms. The molecule has 0 amide bonds. The molecule has 0 aliphatic rings. The Kier molecular flexibility index (Phi) is 3.51. The Balaban J connectivity index is 2.93. The Morgan fingerprint density at radius 1 is 1.62 bits per heavy atom. The molecule has 1 aromatic rings. The van der Waals surface area contributed by atoms with Crippen molar-refractivity contribution >= 4 is 11.7 Å². The molecule has 2 N–H and O–H groups in total. The van der Waals surface area contributed by atoms with Crippen molar-refractivity contribution in [2.24, 2.45) is 0 Å². The second-order valence-electron chi connectivity index (χ2n) is 4.36. The molecule has 0 unspecified atom stereocenters. The average molecular weight is 229 g/mol. The zero-order valence-corrected chi connectivity index (χ0v) is 9.66. The lowest BCUT2D eigenvalue weighted by molar-refractivity contribution is 0.00570. The number of carbonyl (C=O) groups is 1. The lowest BCUT2D eigenvalue weighted by Gasteiger charge is -2.19. The summed E-state index contributed by atoms with van der Waals surface area (Å²) in [7, 11) is 0. The largest absolute Gasteiger partial charge is 0.455 e. The number of aromatic nitrogens is 2. The van der Waals surface area contributed by atoms with Crippen LogP contribution in [-0.2, 0) is 11.3 Å². The van der Waals surface area contributed by atoms with E-state index in [2.05, 4.69) is 5.10 Å². The van der Waals surface area contributed by atoms with E-state index < -0.39 is 18.2 Å². The van der Waals surface area contributed by atoms with E-state index in [1.165, 1.54) is 10.9 Å². The van der Waals surface area contributed by atoms with Crippen LogP contribution in [0.1, 0.15) is 31.3 Å². The Morgan fingerprint density at radius 2 is 2.25 bits per heavy atom. The van der Waals surface area contributed by atoms with Crippen LogP contribution in [0.5, 0.6) is 0 Å². The summed E-state index contributed by atoms with van der Waals surface area (Å²) in [6.45, 7) is 4.62. The highest BCUT2D eigenvalue weighted by atomic mass is 19.1. The highest BCUT2D eigenvalue weighted by molar-refractivity contribution is 5.93. The molecule has 0 saturated heterocycles. The molecule has 6 heteroatoms. The molecule has 0 radical (unpaired) electrons. The van der Waals surface area contributed by atoms with Gasteiger partial charge in [-0.05, 0) is 20.8 Å². The minimum Gasteiger partial charge on any atom is -0.455 e. The second-order valence-corrected chi connectivity index (χ2v) is 4.36. The number of nitrogens with two attached hydrogens (primary N) is 1. The van der Waals surface area contributed by atoms with Crippen LogP contribution in [-0.4, -0.2) is 28.0 Å². The topological polar surface area (TPSA) is 70.1 Å². The Hall–Kier alpha value is -1.59. The van der Waals surface area contributed by atoms with Crippen molar-refractivity contribution in [2.45, 2.75) is 32.9 Å². The Morgan fingerprint density at radius 3 is 2.75 bits per heavy atom. The van der Waals surface area contributed by atoms with Crippen molar-refractivity contribution in [3.8, 4) is 0 Å². The predicted molar refractivity (Wildman–Crippen MR) is 57.8 cm³/mol. The van der Waals surface area contributed by atoms with Gasteiger partial charge in [0.05, 0.1) is 18.4 Å². The van der Waals surface area contributed by atoms with E-state index in [9.17, 15) is 9.18 Å². The molecule has 1 aromatic heterocycles. The van der Waals surface area contributed by atoms with Crippen molar-refractivity contribution in [3.63, 3.8) is 0 Å². The van der Waals surface area contributed by atoms with E-state index in [-0.39, 0.29) is 17.9 Å². The number of rotatable bonds is 3. The number of aryl methyl sites for hydroxylation is 1. The summed E-state index contributed by atoms with van der Waals surface area (Å²) in [5.41, 5.74) is 5.27. The Labute approximate surface area is 93.4 Å². The Bertz CT molecular complexity index is 382. The maximum Gasteiger partial charge on any atom is 0.359 e. The van der Waals surface area contributed by atoms with E-state index in [1.54, 1.807) is 20.8 Å². The quantitative estimate of drug-likeness (QED) is 0.795. The number of hydrogen-bond acceptors (Lipinski definition) is 4. The van der Waals surface area contributed by atoms with Gasteiger partial charge in [0.15, 0.2) is 5.69 Å².